The maximum absolute atomic E-state index is 9.59. The lowest BCUT2D eigenvalue weighted by atomic mass is 9.95. The van der Waals surface area contributed by atoms with Crippen molar-refractivity contribution in [2.75, 3.05) is 6.61 Å². The first-order chi connectivity index (χ1) is 5.60. The van der Waals surface area contributed by atoms with Crippen molar-refractivity contribution in [3.05, 3.63) is 24.8 Å². The minimum atomic E-state index is -1.54. The van der Waals surface area contributed by atoms with Crippen LogP contribution in [0.2, 0.25) is 0 Å². The summed E-state index contributed by atoms with van der Waals surface area (Å²) in [7, 11) is 0. The lowest BCUT2D eigenvalue weighted by Crippen LogP contribution is -2.43. The summed E-state index contributed by atoms with van der Waals surface area (Å²) in [5.41, 5.74) is -1.54. The van der Waals surface area contributed by atoms with Crippen molar-refractivity contribution in [3.8, 4) is 0 Å². The first kappa shape index (κ1) is 11.4. The van der Waals surface area contributed by atoms with Crippen LogP contribution in [0.1, 0.15) is 13.3 Å². The summed E-state index contributed by atoms with van der Waals surface area (Å²) in [6.07, 6.45) is 3.75. The highest BCUT2D eigenvalue weighted by atomic mass is 16.4. The molecule has 3 nitrogen and oxygen atoms in total. The van der Waals surface area contributed by atoms with Crippen LogP contribution in [0.4, 0.5) is 0 Å². The van der Waals surface area contributed by atoms with E-state index in [4.69, 9.17) is 5.11 Å². The van der Waals surface area contributed by atoms with Gasteiger partial charge in [0.05, 0.1) is 12.7 Å². The Morgan fingerprint density at radius 3 is 2.50 bits per heavy atom. The molecule has 3 N–H and O–H groups in total. The minimum absolute atomic E-state index is 0.387. The Bertz CT molecular complexity index is 165. The molecule has 0 aliphatic rings. The zero-order valence-corrected chi connectivity index (χ0v) is 7.27. The molecule has 0 radical (unpaired) electrons. The van der Waals surface area contributed by atoms with Gasteiger partial charge in [-0.3, -0.25) is 0 Å². The maximum Gasteiger partial charge on any atom is 0.132 e. The van der Waals surface area contributed by atoms with Crippen LogP contribution >= 0.6 is 0 Å². The summed E-state index contributed by atoms with van der Waals surface area (Å²) in [6, 6.07) is 0. The maximum atomic E-state index is 9.59. The Kier molecular flexibility index (Phi) is 4.81. The van der Waals surface area contributed by atoms with E-state index < -0.39 is 18.3 Å². The predicted molar refractivity (Wildman–Crippen MR) is 47.7 cm³/mol. The van der Waals surface area contributed by atoms with Gasteiger partial charge in [0.2, 0.25) is 0 Å². The molecular formula is C9H16O3. The Hall–Kier alpha value is -0.640. The van der Waals surface area contributed by atoms with Crippen LogP contribution in [0.5, 0.6) is 0 Å². The van der Waals surface area contributed by atoms with Crippen molar-refractivity contribution < 1.29 is 15.3 Å². The highest BCUT2D eigenvalue weighted by Crippen LogP contribution is 2.14. The van der Waals surface area contributed by atoms with Gasteiger partial charge in [0.25, 0.3) is 0 Å². The molecule has 3 heteroatoms. The molecule has 12 heavy (non-hydrogen) atoms. The lowest BCUT2D eigenvalue weighted by Gasteiger charge is -2.26. The second kappa shape index (κ2) is 5.09. The van der Waals surface area contributed by atoms with Crippen molar-refractivity contribution in [3.63, 3.8) is 0 Å². The Morgan fingerprint density at radius 2 is 2.17 bits per heavy atom. The molecule has 0 saturated heterocycles. The van der Waals surface area contributed by atoms with Gasteiger partial charge in [-0.25, -0.2) is 0 Å². The van der Waals surface area contributed by atoms with E-state index in [9.17, 15) is 10.2 Å². The molecule has 0 aromatic heterocycles. The fourth-order valence-electron chi connectivity index (χ4n) is 0.857. The van der Waals surface area contributed by atoms with Crippen molar-refractivity contribution in [1.29, 1.82) is 0 Å². The monoisotopic (exact) mass is 172 g/mol. The molecule has 70 valence electrons. The molecule has 0 aliphatic carbocycles. The van der Waals surface area contributed by atoms with Crippen molar-refractivity contribution in [2.45, 2.75) is 25.0 Å². The zero-order chi connectivity index (χ0) is 9.61. The molecule has 0 unspecified atom stereocenters. The Balaban J connectivity index is 4.42. The van der Waals surface area contributed by atoms with Crippen LogP contribution in [0, 0.1) is 0 Å². The van der Waals surface area contributed by atoms with Crippen molar-refractivity contribution >= 4 is 0 Å². The fourth-order valence-corrected chi connectivity index (χ4v) is 0.857. The van der Waals surface area contributed by atoms with Crippen LogP contribution < -0.4 is 0 Å². The highest BCUT2D eigenvalue weighted by molar-refractivity contribution is 5.10. The van der Waals surface area contributed by atoms with Gasteiger partial charge in [-0.05, 0) is 12.5 Å². The van der Waals surface area contributed by atoms with Gasteiger partial charge >= 0.3 is 0 Å². The smallest absolute Gasteiger partial charge is 0.132 e. The summed E-state index contributed by atoms with van der Waals surface area (Å²) >= 11 is 0. The van der Waals surface area contributed by atoms with Gasteiger partial charge in [0.15, 0.2) is 0 Å². The number of allylic oxidation sites excluding steroid dienone is 2. The second-order valence-electron chi connectivity index (χ2n) is 2.67. The number of rotatable bonds is 5. The number of aliphatic hydroxyl groups is 3. The zero-order valence-electron chi connectivity index (χ0n) is 7.27. The number of hydrogen-bond acceptors (Lipinski definition) is 3. The van der Waals surface area contributed by atoms with Gasteiger partial charge in [0, 0.05) is 0 Å². The first-order valence-electron chi connectivity index (χ1n) is 3.92. The van der Waals surface area contributed by atoms with Crippen molar-refractivity contribution in [2.24, 2.45) is 0 Å². The highest BCUT2D eigenvalue weighted by Gasteiger charge is 2.30. The molecule has 0 heterocycles. The molecule has 0 aromatic rings. The third-order valence-electron chi connectivity index (χ3n) is 1.74. The molecule has 0 bridgehead atoms. The fraction of sp³-hybridized carbons (Fsp3) is 0.556. The standard InChI is InChI=1S/C9H16O3/c1-3-5-6-9(12,7-10)8(11)4-2/h3,5-6,8,10-12H,1,4,7H2,2H3/b6-5+/t8-,9+/m1/s1. The summed E-state index contributed by atoms with van der Waals surface area (Å²) in [5.74, 6) is 0. The molecule has 0 aliphatic heterocycles. The third kappa shape index (κ3) is 2.77. The Labute approximate surface area is 72.7 Å². The minimum Gasteiger partial charge on any atom is -0.393 e. The summed E-state index contributed by atoms with van der Waals surface area (Å²) < 4.78 is 0. The van der Waals surface area contributed by atoms with E-state index in [1.807, 2.05) is 0 Å². The molecule has 0 rings (SSSR count). The first-order valence-corrected chi connectivity index (χ1v) is 3.92. The molecule has 0 spiro atoms. The van der Waals surface area contributed by atoms with E-state index in [-0.39, 0.29) is 0 Å². The molecule has 0 amide bonds. The summed E-state index contributed by atoms with van der Waals surface area (Å²) in [6.45, 7) is 4.66. The molecule has 0 aromatic carbocycles. The quantitative estimate of drug-likeness (QED) is 0.520. The average molecular weight is 172 g/mol. The van der Waals surface area contributed by atoms with Crippen LogP contribution in [0.15, 0.2) is 24.8 Å². The lowest BCUT2D eigenvalue weighted by molar-refractivity contribution is -0.0719. The van der Waals surface area contributed by atoms with Gasteiger partial charge in [0.1, 0.15) is 5.60 Å². The summed E-state index contributed by atoms with van der Waals surface area (Å²) in [4.78, 5) is 0. The molecule has 0 saturated carbocycles. The second-order valence-corrected chi connectivity index (χ2v) is 2.67. The van der Waals surface area contributed by atoms with Gasteiger partial charge in [-0.15, -0.1) is 0 Å². The van der Waals surface area contributed by atoms with Crippen molar-refractivity contribution in [1.82, 2.24) is 0 Å². The van der Waals surface area contributed by atoms with E-state index in [1.165, 1.54) is 18.2 Å². The van der Waals surface area contributed by atoms with Gasteiger partial charge in [-0.2, -0.15) is 0 Å². The van der Waals surface area contributed by atoms with E-state index in [0.717, 1.165) is 0 Å². The normalized spacial score (nSPS) is 19.0. The van der Waals surface area contributed by atoms with Crippen LogP contribution in [0.25, 0.3) is 0 Å². The number of aliphatic hydroxyl groups excluding tert-OH is 2. The third-order valence-corrected chi connectivity index (χ3v) is 1.74. The molecule has 0 fully saturated rings. The van der Waals surface area contributed by atoms with E-state index in [0.29, 0.717) is 6.42 Å². The SMILES string of the molecule is C=C/C=C/[C@](O)(CO)[C@H](O)CC. The van der Waals surface area contributed by atoms with Gasteiger partial charge < -0.3 is 15.3 Å². The Morgan fingerprint density at radius 1 is 1.58 bits per heavy atom. The van der Waals surface area contributed by atoms with Crippen LogP contribution in [-0.4, -0.2) is 33.6 Å². The number of hydrogen-bond donors (Lipinski definition) is 3. The van der Waals surface area contributed by atoms with Crippen LogP contribution in [-0.2, 0) is 0 Å². The average Bonchev–Trinajstić information content (AvgIpc) is 2.12. The van der Waals surface area contributed by atoms with E-state index >= 15 is 0 Å². The summed E-state index contributed by atoms with van der Waals surface area (Å²) in [5, 5.41) is 27.7. The molecule has 2 atom stereocenters. The van der Waals surface area contributed by atoms with E-state index in [1.54, 1.807) is 6.92 Å². The topological polar surface area (TPSA) is 60.7 Å². The largest absolute Gasteiger partial charge is 0.393 e. The molecular weight excluding hydrogens is 156 g/mol. The predicted octanol–water partition coefficient (Wildman–Crippen LogP) is 0.223. The van der Waals surface area contributed by atoms with Crippen LogP contribution in [0.3, 0.4) is 0 Å². The van der Waals surface area contributed by atoms with Gasteiger partial charge in [-0.1, -0.05) is 25.7 Å². The van der Waals surface area contributed by atoms with E-state index in [2.05, 4.69) is 6.58 Å².